The van der Waals surface area contributed by atoms with Crippen molar-refractivity contribution in [1.82, 2.24) is 4.90 Å². The van der Waals surface area contributed by atoms with Crippen LogP contribution in [0.4, 0.5) is 0 Å². The molecule has 1 N–H and O–H groups in total. The molecule has 0 spiro atoms. The normalized spacial score (nSPS) is 13.9. The minimum atomic E-state index is -0.636. The van der Waals surface area contributed by atoms with Gasteiger partial charge in [0.2, 0.25) is 0 Å². The van der Waals surface area contributed by atoms with Gasteiger partial charge in [0, 0.05) is 18.6 Å². The van der Waals surface area contributed by atoms with E-state index < -0.39 is 5.60 Å². The summed E-state index contributed by atoms with van der Waals surface area (Å²) in [5.74, 6) is 0. The molecule has 13 heavy (non-hydrogen) atoms. The number of aliphatic hydroxyl groups is 1. The Labute approximate surface area is 86.2 Å². The van der Waals surface area contributed by atoms with Gasteiger partial charge in [-0.15, -0.1) is 0 Å². The molecule has 3 heteroatoms. The van der Waals surface area contributed by atoms with Crippen molar-refractivity contribution in [2.75, 3.05) is 19.6 Å². The van der Waals surface area contributed by atoms with E-state index in [-0.39, 0.29) is 0 Å². The number of rotatable bonds is 5. The summed E-state index contributed by atoms with van der Waals surface area (Å²) in [5.41, 5.74) is 2.07. The Balaban J connectivity index is 4.05. The molecule has 0 atom stereocenters. The Morgan fingerprint density at radius 3 is 2.38 bits per heavy atom. The molecule has 0 aromatic rings. The maximum Gasteiger partial charge on any atom is 0.0718 e. The highest BCUT2D eigenvalue weighted by molar-refractivity contribution is 6.25. The Bertz CT molecular complexity index is 172. The first kappa shape index (κ1) is 12.9. The zero-order valence-electron chi connectivity index (χ0n) is 8.97. The van der Waals surface area contributed by atoms with Gasteiger partial charge in [-0.1, -0.05) is 18.5 Å². The first-order valence-corrected chi connectivity index (χ1v) is 5.03. The van der Waals surface area contributed by atoms with E-state index in [9.17, 15) is 5.11 Å². The summed E-state index contributed by atoms with van der Waals surface area (Å²) in [5, 5.41) is 9.61. The van der Waals surface area contributed by atoms with Crippen LogP contribution in [-0.4, -0.2) is 35.2 Å². The third kappa shape index (κ3) is 7.05. The van der Waals surface area contributed by atoms with E-state index in [4.69, 9.17) is 11.6 Å². The van der Waals surface area contributed by atoms with E-state index in [0.29, 0.717) is 6.54 Å². The molecule has 0 radical (unpaired) electrons. The molecule has 2 nitrogen and oxygen atoms in total. The van der Waals surface area contributed by atoms with Gasteiger partial charge in [0.05, 0.1) is 5.60 Å². The Kier molecular flexibility index (Phi) is 5.61. The van der Waals surface area contributed by atoms with Gasteiger partial charge in [-0.05, 0) is 32.9 Å². The molecule has 0 aliphatic heterocycles. The molecule has 0 bridgehead atoms. The number of nitrogens with zero attached hydrogens (tertiary/aromatic N) is 1. The van der Waals surface area contributed by atoms with Crippen molar-refractivity contribution in [2.45, 2.75) is 33.3 Å². The Morgan fingerprint density at radius 1 is 1.54 bits per heavy atom. The zero-order valence-corrected chi connectivity index (χ0v) is 9.73. The van der Waals surface area contributed by atoms with Crippen LogP contribution in [0.5, 0.6) is 0 Å². The first-order chi connectivity index (χ1) is 5.89. The second-order valence-corrected chi connectivity index (χ2v) is 4.29. The van der Waals surface area contributed by atoms with Gasteiger partial charge < -0.3 is 5.11 Å². The molecule has 0 heterocycles. The maximum atomic E-state index is 9.61. The highest BCUT2D eigenvalue weighted by Crippen LogP contribution is 2.07. The highest BCUT2D eigenvalue weighted by atomic mass is 35.5. The van der Waals surface area contributed by atoms with Crippen molar-refractivity contribution in [1.29, 1.82) is 0 Å². The summed E-state index contributed by atoms with van der Waals surface area (Å²) in [6.45, 7) is 10.1. The van der Waals surface area contributed by atoms with E-state index >= 15 is 0 Å². The lowest BCUT2D eigenvalue weighted by Gasteiger charge is -2.27. The van der Waals surface area contributed by atoms with Gasteiger partial charge in [-0.2, -0.15) is 0 Å². The second-order valence-electron chi connectivity index (χ2n) is 4.07. The van der Waals surface area contributed by atoms with Crippen LogP contribution in [0.25, 0.3) is 0 Å². The molecular weight excluding hydrogens is 186 g/mol. The summed E-state index contributed by atoms with van der Waals surface area (Å²) in [6, 6.07) is 0. The van der Waals surface area contributed by atoms with Crippen LogP contribution in [0, 0.1) is 0 Å². The van der Waals surface area contributed by atoms with Crippen LogP contribution in [-0.2, 0) is 0 Å². The fraction of sp³-hybridized carbons (Fsp3) is 0.800. The molecule has 0 aromatic heterocycles. The van der Waals surface area contributed by atoms with Crippen molar-refractivity contribution in [2.24, 2.45) is 0 Å². The molecule has 0 unspecified atom stereocenters. The van der Waals surface area contributed by atoms with Gasteiger partial charge in [0.1, 0.15) is 0 Å². The summed E-state index contributed by atoms with van der Waals surface area (Å²) < 4.78 is 0. The van der Waals surface area contributed by atoms with E-state index in [0.717, 1.165) is 18.7 Å². The van der Waals surface area contributed by atoms with E-state index in [2.05, 4.69) is 11.8 Å². The third-order valence-corrected chi connectivity index (χ3v) is 2.09. The Hall–Kier alpha value is -0.0500. The second kappa shape index (κ2) is 5.63. The fourth-order valence-corrected chi connectivity index (χ4v) is 1.28. The smallest absolute Gasteiger partial charge is 0.0718 e. The van der Waals surface area contributed by atoms with Gasteiger partial charge >= 0.3 is 0 Å². The molecular formula is C10H20ClNO. The van der Waals surface area contributed by atoms with Crippen LogP contribution in [0.3, 0.4) is 0 Å². The first-order valence-electron chi connectivity index (χ1n) is 4.59. The number of halogens is 1. The lowest BCUT2D eigenvalue weighted by Crippen LogP contribution is -2.39. The third-order valence-electron chi connectivity index (χ3n) is 1.72. The molecule has 0 aliphatic rings. The van der Waals surface area contributed by atoms with Crippen molar-refractivity contribution >= 4 is 11.6 Å². The largest absolute Gasteiger partial charge is 0.389 e. The van der Waals surface area contributed by atoms with Crippen LogP contribution >= 0.6 is 11.6 Å². The zero-order chi connectivity index (χ0) is 10.5. The van der Waals surface area contributed by atoms with Crippen LogP contribution < -0.4 is 0 Å². The number of hydrogen-bond acceptors (Lipinski definition) is 2. The maximum absolute atomic E-state index is 9.61. The number of hydrogen-bond donors (Lipinski definition) is 1. The monoisotopic (exact) mass is 205 g/mol. The molecule has 0 aliphatic carbocycles. The molecule has 0 saturated heterocycles. The average Bonchev–Trinajstić information content (AvgIpc) is 2.00. The number of likely N-dealkylation sites (N-methyl/N-ethyl adjacent to an activating group) is 1. The summed E-state index contributed by atoms with van der Waals surface area (Å²) in [6.07, 6.45) is 0. The minimum absolute atomic E-state index is 0.636. The van der Waals surface area contributed by atoms with Crippen LogP contribution in [0.15, 0.2) is 11.1 Å². The lowest BCUT2D eigenvalue weighted by atomic mass is 10.1. The Morgan fingerprint density at radius 2 is 2.08 bits per heavy atom. The van der Waals surface area contributed by atoms with Gasteiger partial charge in [-0.25, -0.2) is 0 Å². The predicted octanol–water partition coefficient (Wildman–Crippen LogP) is 2.22. The van der Waals surface area contributed by atoms with Gasteiger partial charge in [0.15, 0.2) is 0 Å². The fourth-order valence-electron chi connectivity index (χ4n) is 1.21. The van der Waals surface area contributed by atoms with Crippen LogP contribution in [0.2, 0.25) is 0 Å². The quantitative estimate of drug-likeness (QED) is 0.744. The van der Waals surface area contributed by atoms with Gasteiger partial charge in [0.25, 0.3) is 0 Å². The molecule has 0 saturated carbocycles. The van der Waals surface area contributed by atoms with Crippen molar-refractivity contribution in [3.8, 4) is 0 Å². The van der Waals surface area contributed by atoms with Crippen LogP contribution in [0.1, 0.15) is 27.7 Å². The standard InChI is InChI=1S/C10H20ClNO/c1-5-12(7-9(2)6-11)8-10(3,4)13/h6,13H,5,7-8H2,1-4H3. The van der Waals surface area contributed by atoms with Gasteiger partial charge in [-0.3, -0.25) is 4.90 Å². The van der Waals surface area contributed by atoms with E-state index in [1.165, 1.54) is 0 Å². The minimum Gasteiger partial charge on any atom is -0.389 e. The molecule has 0 amide bonds. The summed E-state index contributed by atoms with van der Waals surface area (Å²) in [4.78, 5) is 2.16. The molecule has 0 aromatic carbocycles. The SMILES string of the molecule is CCN(CC(C)=CCl)CC(C)(C)O. The molecule has 0 fully saturated rings. The predicted molar refractivity (Wildman–Crippen MR) is 58.0 cm³/mol. The van der Waals surface area contributed by atoms with Crippen molar-refractivity contribution in [3.63, 3.8) is 0 Å². The topological polar surface area (TPSA) is 23.5 Å². The average molecular weight is 206 g/mol. The molecule has 0 rings (SSSR count). The highest BCUT2D eigenvalue weighted by Gasteiger charge is 2.16. The van der Waals surface area contributed by atoms with Crippen molar-refractivity contribution in [3.05, 3.63) is 11.1 Å². The van der Waals surface area contributed by atoms with Crippen molar-refractivity contribution < 1.29 is 5.11 Å². The summed E-state index contributed by atoms with van der Waals surface area (Å²) >= 11 is 5.57. The van der Waals surface area contributed by atoms with E-state index in [1.807, 2.05) is 20.8 Å². The summed E-state index contributed by atoms with van der Waals surface area (Å²) in [7, 11) is 0. The molecule has 78 valence electrons. The van der Waals surface area contributed by atoms with E-state index in [1.54, 1.807) is 5.54 Å². The lowest BCUT2D eigenvalue weighted by molar-refractivity contribution is 0.0409.